The summed E-state index contributed by atoms with van der Waals surface area (Å²) in [5.74, 6) is 0.900. The highest BCUT2D eigenvalue weighted by atomic mass is 16.1. The second-order valence-corrected chi connectivity index (χ2v) is 3.88. The Labute approximate surface area is 84.5 Å². The number of rotatable bonds is 3. The van der Waals surface area contributed by atoms with Crippen molar-refractivity contribution in [3.8, 4) is 0 Å². The third kappa shape index (κ3) is 2.32. The van der Waals surface area contributed by atoms with Crippen molar-refractivity contribution < 1.29 is 4.79 Å². The second kappa shape index (κ2) is 3.79. The van der Waals surface area contributed by atoms with E-state index in [9.17, 15) is 4.79 Å². The molecule has 1 aliphatic rings. The predicted octanol–water partition coefficient (Wildman–Crippen LogP) is 3.17. The van der Waals surface area contributed by atoms with Gasteiger partial charge in [-0.15, -0.1) is 0 Å². The summed E-state index contributed by atoms with van der Waals surface area (Å²) in [7, 11) is 0. The van der Waals surface area contributed by atoms with Crippen LogP contribution in [0.3, 0.4) is 0 Å². The van der Waals surface area contributed by atoms with E-state index >= 15 is 0 Å². The van der Waals surface area contributed by atoms with Crippen LogP contribution in [-0.2, 0) is 4.79 Å². The molecular formula is C13H14O. The Morgan fingerprint density at radius 3 is 2.43 bits per heavy atom. The van der Waals surface area contributed by atoms with Gasteiger partial charge in [0.2, 0.25) is 0 Å². The van der Waals surface area contributed by atoms with E-state index in [0.29, 0.717) is 0 Å². The van der Waals surface area contributed by atoms with Crippen LogP contribution >= 0.6 is 0 Å². The summed E-state index contributed by atoms with van der Waals surface area (Å²) in [5.41, 5.74) is 2.54. The van der Waals surface area contributed by atoms with Gasteiger partial charge < -0.3 is 0 Å². The van der Waals surface area contributed by atoms with Crippen molar-refractivity contribution in [1.29, 1.82) is 0 Å². The van der Waals surface area contributed by atoms with Crippen molar-refractivity contribution in [2.75, 3.05) is 0 Å². The third-order valence-electron chi connectivity index (χ3n) is 2.50. The van der Waals surface area contributed by atoms with Gasteiger partial charge in [0.1, 0.15) is 0 Å². The van der Waals surface area contributed by atoms with E-state index < -0.39 is 0 Å². The molecule has 0 radical (unpaired) electrons. The molecule has 1 heteroatoms. The number of benzene rings is 1. The van der Waals surface area contributed by atoms with Crippen LogP contribution in [0, 0.1) is 0 Å². The zero-order chi connectivity index (χ0) is 9.97. The minimum Gasteiger partial charge on any atom is -0.295 e. The van der Waals surface area contributed by atoms with Gasteiger partial charge in [0.15, 0.2) is 5.78 Å². The highest BCUT2D eigenvalue weighted by molar-refractivity contribution is 5.91. The number of carbonyl (C=O) groups excluding carboxylic acids is 1. The normalized spacial score (nSPS) is 16.1. The maximum absolute atomic E-state index is 10.7. The van der Waals surface area contributed by atoms with Crippen LogP contribution in [0.4, 0.5) is 0 Å². The van der Waals surface area contributed by atoms with Crippen LogP contribution in [-0.4, -0.2) is 5.78 Å². The largest absolute Gasteiger partial charge is 0.295 e. The fraction of sp³-hybridized carbons (Fsp3) is 0.308. The molecule has 0 atom stereocenters. The summed E-state index contributed by atoms with van der Waals surface area (Å²) in [4.78, 5) is 10.7. The third-order valence-corrected chi connectivity index (χ3v) is 2.50. The van der Waals surface area contributed by atoms with Crippen LogP contribution in [0.5, 0.6) is 0 Å². The molecule has 0 N–H and O–H groups in total. The van der Waals surface area contributed by atoms with Crippen LogP contribution in [0.15, 0.2) is 30.3 Å². The lowest BCUT2D eigenvalue weighted by Crippen LogP contribution is -1.81. The summed E-state index contributed by atoms with van der Waals surface area (Å²) >= 11 is 0. The average Bonchev–Trinajstić information content (AvgIpc) is 2.99. The first-order valence-electron chi connectivity index (χ1n) is 5.04. The molecule has 1 aliphatic carbocycles. The summed E-state index contributed by atoms with van der Waals surface area (Å²) in [5, 5.41) is 0. The molecule has 0 amide bonds. The molecule has 72 valence electrons. The van der Waals surface area contributed by atoms with Gasteiger partial charge in [-0.25, -0.2) is 0 Å². The molecule has 1 aromatic carbocycles. The first-order chi connectivity index (χ1) is 6.75. The van der Waals surface area contributed by atoms with Gasteiger partial charge in [-0.3, -0.25) is 4.79 Å². The second-order valence-electron chi connectivity index (χ2n) is 3.88. The van der Waals surface area contributed by atoms with E-state index in [2.05, 4.69) is 24.3 Å². The Balaban J connectivity index is 2.09. The molecule has 0 aromatic heterocycles. The van der Waals surface area contributed by atoms with Crippen LogP contribution in [0.1, 0.15) is 36.8 Å². The Bertz CT molecular complexity index is 355. The first kappa shape index (κ1) is 9.20. The fourth-order valence-corrected chi connectivity index (χ4v) is 1.51. The molecule has 1 fully saturated rings. The smallest absolute Gasteiger partial charge is 0.152 e. The number of hydrogen-bond acceptors (Lipinski definition) is 1. The monoisotopic (exact) mass is 186 g/mol. The molecule has 0 spiro atoms. The number of carbonyl (C=O) groups is 1. The molecule has 0 aliphatic heterocycles. The molecule has 14 heavy (non-hydrogen) atoms. The van der Waals surface area contributed by atoms with Gasteiger partial charge in [-0.1, -0.05) is 30.3 Å². The van der Waals surface area contributed by atoms with Crippen molar-refractivity contribution in [1.82, 2.24) is 0 Å². The summed E-state index contributed by atoms with van der Waals surface area (Å²) in [6.45, 7) is 1.56. The maximum Gasteiger partial charge on any atom is 0.152 e. The summed E-state index contributed by atoms with van der Waals surface area (Å²) in [6, 6.07) is 8.48. The van der Waals surface area contributed by atoms with Crippen LogP contribution < -0.4 is 0 Å². The van der Waals surface area contributed by atoms with Crippen molar-refractivity contribution in [3.63, 3.8) is 0 Å². The van der Waals surface area contributed by atoms with Gasteiger partial charge >= 0.3 is 0 Å². The standard InChI is InChI=1S/C13H14O/c1-10(14)2-3-11-4-6-12(7-5-11)13-8-9-13/h2-7,13H,8-9H2,1H3/b3-2+. The van der Waals surface area contributed by atoms with E-state index in [1.54, 1.807) is 13.0 Å². The lowest BCUT2D eigenvalue weighted by molar-refractivity contribution is -0.112. The molecule has 0 unspecified atom stereocenters. The van der Waals surface area contributed by atoms with E-state index in [4.69, 9.17) is 0 Å². The van der Waals surface area contributed by atoms with Crippen molar-refractivity contribution >= 4 is 11.9 Å². The van der Waals surface area contributed by atoms with Crippen molar-refractivity contribution in [2.45, 2.75) is 25.7 Å². The van der Waals surface area contributed by atoms with Crippen LogP contribution in [0.2, 0.25) is 0 Å². The zero-order valence-corrected chi connectivity index (χ0v) is 8.36. The fourth-order valence-electron chi connectivity index (χ4n) is 1.51. The Hall–Kier alpha value is -1.37. The summed E-state index contributed by atoms with van der Waals surface area (Å²) in [6.07, 6.45) is 6.14. The van der Waals surface area contributed by atoms with Crippen molar-refractivity contribution in [2.24, 2.45) is 0 Å². The van der Waals surface area contributed by atoms with E-state index in [1.165, 1.54) is 18.4 Å². The highest BCUT2D eigenvalue weighted by Crippen LogP contribution is 2.39. The summed E-state index contributed by atoms with van der Waals surface area (Å²) < 4.78 is 0. The predicted molar refractivity (Wildman–Crippen MR) is 58.1 cm³/mol. The lowest BCUT2D eigenvalue weighted by atomic mass is 10.1. The highest BCUT2D eigenvalue weighted by Gasteiger charge is 2.22. The van der Waals surface area contributed by atoms with E-state index in [0.717, 1.165) is 11.5 Å². The molecule has 0 saturated heterocycles. The average molecular weight is 186 g/mol. The Morgan fingerprint density at radius 2 is 1.93 bits per heavy atom. The molecule has 0 bridgehead atoms. The van der Waals surface area contributed by atoms with Gasteiger partial charge in [0.05, 0.1) is 0 Å². The molecule has 1 nitrogen and oxygen atoms in total. The minimum atomic E-state index is 0.0938. The zero-order valence-electron chi connectivity index (χ0n) is 8.36. The van der Waals surface area contributed by atoms with Gasteiger partial charge in [0.25, 0.3) is 0 Å². The van der Waals surface area contributed by atoms with E-state index in [-0.39, 0.29) is 5.78 Å². The van der Waals surface area contributed by atoms with Crippen LogP contribution in [0.25, 0.3) is 6.08 Å². The van der Waals surface area contributed by atoms with Gasteiger partial charge in [-0.2, -0.15) is 0 Å². The van der Waals surface area contributed by atoms with Gasteiger partial charge in [0, 0.05) is 0 Å². The number of hydrogen-bond donors (Lipinski definition) is 0. The molecule has 0 heterocycles. The number of allylic oxidation sites excluding steroid dienone is 1. The molecule has 1 aromatic rings. The topological polar surface area (TPSA) is 17.1 Å². The number of ketones is 1. The Kier molecular flexibility index (Phi) is 2.49. The SMILES string of the molecule is CC(=O)/C=C/c1ccc(C2CC2)cc1. The molecule has 2 rings (SSSR count). The van der Waals surface area contributed by atoms with E-state index in [1.807, 2.05) is 6.08 Å². The maximum atomic E-state index is 10.7. The Morgan fingerprint density at radius 1 is 1.29 bits per heavy atom. The lowest BCUT2D eigenvalue weighted by Gasteiger charge is -1.97. The minimum absolute atomic E-state index is 0.0938. The van der Waals surface area contributed by atoms with Gasteiger partial charge in [-0.05, 0) is 42.9 Å². The molecular weight excluding hydrogens is 172 g/mol. The van der Waals surface area contributed by atoms with Crippen molar-refractivity contribution in [3.05, 3.63) is 41.5 Å². The molecule has 1 saturated carbocycles. The quantitative estimate of drug-likeness (QED) is 0.663. The first-order valence-corrected chi connectivity index (χ1v) is 5.04.